The van der Waals surface area contributed by atoms with Crippen LogP contribution in [0.2, 0.25) is 5.02 Å². The van der Waals surface area contributed by atoms with Gasteiger partial charge in [-0.2, -0.15) is 5.10 Å². The van der Waals surface area contributed by atoms with Crippen LogP contribution in [0.4, 0.5) is 5.13 Å². The van der Waals surface area contributed by atoms with Crippen LogP contribution in [-0.2, 0) is 11.8 Å². The van der Waals surface area contributed by atoms with E-state index in [4.69, 9.17) is 16.3 Å². The standard InChI is InChI=1S/C17H16ClN5O2S/c1-23-13(9-12(22-23)10-4-2-5-11(18)8-10)15(24)19-17-21-20-16(26-17)14-6-3-7-25-14/h2,4-5,8-9,14H,3,6-7H2,1H3,(H,19,21,24)/t14-/m1/s1. The molecule has 9 heteroatoms. The maximum Gasteiger partial charge on any atom is 0.275 e. The number of carbonyl (C=O) groups is 1. The minimum atomic E-state index is -0.289. The first kappa shape index (κ1) is 17.1. The van der Waals surface area contributed by atoms with E-state index in [0.717, 1.165) is 30.0 Å². The lowest BCUT2D eigenvalue weighted by Crippen LogP contribution is -2.15. The van der Waals surface area contributed by atoms with E-state index < -0.39 is 0 Å². The summed E-state index contributed by atoms with van der Waals surface area (Å²) in [4.78, 5) is 12.6. The van der Waals surface area contributed by atoms with Gasteiger partial charge in [-0.25, -0.2) is 0 Å². The molecule has 3 aromatic rings. The number of halogens is 1. The largest absolute Gasteiger partial charge is 0.371 e. The highest BCUT2D eigenvalue weighted by Gasteiger charge is 2.23. The van der Waals surface area contributed by atoms with E-state index >= 15 is 0 Å². The number of hydrogen-bond donors (Lipinski definition) is 1. The summed E-state index contributed by atoms with van der Waals surface area (Å²) in [6.07, 6.45) is 1.95. The quantitative estimate of drug-likeness (QED) is 0.735. The van der Waals surface area contributed by atoms with Crippen molar-refractivity contribution in [1.29, 1.82) is 0 Å². The summed E-state index contributed by atoms with van der Waals surface area (Å²) in [5.41, 5.74) is 1.95. The Kier molecular flexibility index (Phi) is 4.71. The van der Waals surface area contributed by atoms with E-state index in [-0.39, 0.29) is 12.0 Å². The van der Waals surface area contributed by atoms with Gasteiger partial charge in [0.05, 0.1) is 5.69 Å². The SMILES string of the molecule is Cn1nc(-c2cccc(Cl)c2)cc1C(=O)Nc1nnc([C@H]2CCCO2)s1. The lowest BCUT2D eigenvalue weighted by Gasteiger charge is -2.02. The Morgan fingerprint density at radius 3 is 3.04 bits per heavy atom. The molecule has 134 valence electrons. The summed E-state index contributed by atoms with van der Waals surface area (Å²) < 4.78 is 7.13. The van der Waals surface area contributed by atoms with E-state index in [9.17, 15) is 4.79 Å². The second-order valence-corrected chi connectivity index (χ2v) is 7.40. The molecule has 0 aliphatic carbocycles. The molecule has 2 aromatic heterocycles. The molecule has 1 N–H and O–H groups in total. The van der Waals surface area contributed by atoms with Gasteiger partial charge < -0.3 is 4.74 Å². The highest BCUT2D eigenvalue weighted by molar-refractivity contribution is 7.15. The molecule has 7 nitrogen and oxygen atoms in total. The molecule has 1 saturated heterocycles. The van der Waals surface area contributed by atoms with E-state index in [1.165, 1.54) is 16.0 Å². The normalized spacial score (nSPS) is 16.8. The number of aromatic nitrogens is 4. The molecule has 3 heterocycles. The van der Waals surface area contributed by atoms with E-state index in [2.05, 4.69) is 20.6 Å². The number of hydrogen-bond acceptors (Lipinski definition) is 6. The van der Waals surface area contributed by atoms with Crippen molar-refractivity contribution in [1.82, 2.24) is 20.0 Å². The van der Waals surface area contributed by atoms with Crippen LogP contribution in [0.3, 0.4) is 0 Å². The number of ether oxygens (including phenoxy) is 1. The Bertz CT molecular complexity index is 948. The molecule has 0 spiro atoms. The van der Waals surface area contributed by atoms with Crippen LogP contribution in [-0.4, -0.2) is 32.5 Å². The number of carbonyl (C=O) groups excluding carboxylic acids is 1. The van der Waals surface area contributed by atoms with Crippen LogP contribution in [0.5, 0.6) is 0 Å². The lowest BCUT2D eigenvalue weighted by molar-refractivity contribution is 0.101. The van der Waals surface area contributed by atoms with Gasteiger partial charge in [-0.1, -0.05) is 35.1 Å². The van der Waals surface area contributed by atoms with Crippen molar-refractivity contribution in [3.05, 3.63) is 46.1 Å². The van der Waals surface area contributed by atoms with Crippen molar-refractivity contribution in [3.63, 3.8) is 0 Å². The molecule has 0 radical (unpaired) electrons. The number of aryl methyl sites for hydroxylation is 1. The minimum absolute atomic E-state index is 0.00992. The zero-order valence-electron chi connectivity index (χ0n) is 14.0. The fourth-order valence-corrected chi connectivity index (χ4v) is 3.83. The van der Waals surface area contributed by atoms with Gasteiger partial charge in [-0.05, 0) is 31.0 Å². The summed E-state index contributed by atoms with van der Waals surface area (Å²) >= 11 is 7.37. The van der Waals surface area contributed by atoms with Gasteiger partial charge in [-0.15, -0.1) is 10.2 Å². The maximum atomic E-state index is 12.6. The molecule has 26 heavy (non-hydrogen) atoms. The monoisotopic (exact) mass is 389 g/mol. The second-order valence-electron chi connectivity index (χ2n) is 5.95. The third-order valence-corrected chi connectivity index (χ3v) is 5.26. The first-order valence-corrected chi connectivity index (χ1v) is 9.36. The van der Waals surface area contributed by atoms with Crippen molar-refractivity contribution in [3.8, 4) is 11.3 Å². The Labute approximate surface area is 159 Å². The number of benzene rings is 1. The molecule has 1 fully saturated rings. The average Bonchev–Trinajstić information content (AvgIpc) is 3.34. The van der Waals surface area contributed by atoms with Crippen molar-refractivity contribution in [2.75, 3.05) is 11.9 Å². The molecular weight excluding hydrogens is 374 g/mol. The molecule has 0 bridgehead atoms. The van der Waals surface area contributed by atoms with Crippen molar-refractivity contribution in [2.24, 2.45) is 7.05 Å². The highest BCUT2D eigenvalue weighted by atomic mass is 35.5. The van der Waals surface area contributed by atoms with Crippen molar-refractivity contribution in [2.45, 2.75) is 18.9 Å². The van der Waals surface area contributed by atoms with Gasteiger partial charge in [0.1, 0.15) is 16.8 Å². The van der Waals surface area contributed by atoms with Crippen LogP contribution < -0.4 is 5.32 Å². The number of nitrogens with one attached hydrogen (secondary N) is 1. The average molecular weight is 390 g/mol. The summed E-state index contributed by atoms with van der Waals surface area (Å²) in [7, 11) is 1.72. The van der Waals surface area contributed by atoms with Gasteiger partial charge >= 0.3 is 0 Å². The first-order valence-electron chi connectivity index (χ1n) is 8.16. The molecule has 4 rings (SSSR count). The topological polar surface area (TPSA) is 81.9 Å². The van der Waals surface area contributed by atoms with Crippen molar-refractivity contribution < 1.29 is 9.53 Å². The summed E-state index contributed by atoms with van der Waals surface area (Å²) in [6.45, 7) is 0.743. The molecule has 1 aliphatic heterocycles. The molecule has 1 aliphatic rings. The molecule has 0 unspecified atom stereocenters. The van der Waals surface area contributed by atoms with Gasteiger partial charge in [0.2, 0.25) is 5.13 Å². The highest BCUT2D eigenvalue weighted by Crippen LogP contribution is 2.32. The summed E-state index contributed by atoms with van der Waals surface area (Å²) in [6, 6.07) is 9.07. The van der Waals surface area contributed by atoms with Crippen LogP contribution in [0.15, 0.2) is 30.3 Å². The fraction of sp³-hybridized carbons (Fsp3) is 0.294. The zero-order valence-corrected chi connectivity index (χ0v) is 15.5. The number of rotatable bonds is 4. The second kappa shape index (κ2) is 7.14. The van der Waals surface area contributed by atoms with Gasteiger partial charge in [0.15, 0.2) is 0 Å². The van der Waals surface area contributed by atoms with Crippen LogP contribution in [0.1, 0.15) is 34.4 Å². The smallest absolute Gasteiger partial charge is 0.275 e. The molecule has 1 atom stereocenters. The maximum absolute atomic E-state index is 12.6. The Hall–Kier alpha value is -2.29. The van der Waals surface area contributed by atoms with E-state index in [1.54, 1.807) is 19.2 Å². The third-order valence-electron chi connectivity index (χ3n) is 4.10. The van der Waals surface area contributed by atoms with Gasteiger partial charge in [0.25, 0.3) is 5.91 Å². The first-order chi connectivity index (χ1) is 12.6. The van der Waals surface area contributed by atoms with Crippen LogP contribution >= 0.6 is 22.9 Å². The van der Waals surface area contributed by atoms with Crippen molar-refractivity contribution >= 4 is 34.0 Å². The number of anilines is 1. The van der Waals surface area contributed by atoms with E-state index in [0.29, 0.717) is 21.5 Å². The molecule has 1 amide bonds. The van der Waals surface area contributed by atoms with E-state index in [1.807, 2.05) is 18.2 Å². The predicted octanol–water partition coefficient (Wildman–Crippen LogP) is 3.70. The number of nitrogens with zero attached hydrogens (tertiary/aromatic N) is 4. The zero-order chi connectivity index (χ0) is 18.1. The minimum Gasteiger partial charge on any atom is -0.371 e. The van der Waals surface area contributed by atoms with Gasteiger partial charge in [-0.3, -0.25) is 14.8 Å². The van der Waals surface area contributed by atoms with Crippen LogP contribution in [0, 0.1) is 0 Å². The Balaban J connectivity index is 1.51. The molecular formula is C17H16ClN5O2S. The summed E-state index contributed by atoms with van der Waals surface area (Å²) in [5.74, 6) is -0.289. The predicted molar refractivity (Wildman–Crippen MR) is 99.4 cm³/mol. The Morgan fingerprint density at radius 1 is 1.38 bits per heavy atom. The third kappa shape index (κ3) is 3.48. The molecule has 1 aromatic carbocycles. The summed E-state index contributed by atoms with van der Waals surface area (Å²) in [5, 5.41) is 17.2. The van der Waals surface area contributed by atoms with Crippen LogP contribution in [0.25, 0.3) is 11.3 Å². The lowest BCUT2D eigenvalue weighted by atomic mass is 10.1. The Morgan fingerprint density at radius 2 is 2.27 bits per heavy atom. The van der Waals surface area contributed by atoms with Gasteiger partial charge in [0, 0.05) is 24.2 Å². The fourth-order valence-electron chi connectivity index (χ4n) is 2.82. The molecule has 0 saturated carbocycles. The number of amides is 1.